The molecule has 0 fully saturated rings. The monoisotopic (exact) mass is 554 g/mol. The SMILES string of the molecule is CC(=O)CC(=O)[O-].CC(=O)CC(=O)[O-].CC(=O)CC(=O)[O-].CCCOC[C]([Ti+3])(OCCC)OCCC. The summed E-state index contributed by atoms with van der Waals surface area (Å²) in [4.78, 5) is 57.9. The molecule has 0 spiro atoms. The molecule has 0 bridgehead atoms. The van der Waals surface area contributed by atoms with Gasteiger partial charge >= 0.3 is 105 Å². The quantitative estimate of drug-likeness (QED) is 0.0938. The van der Waals surface area contributed by atoms with Gasteiger partial charge in [-0.3, -0.25) is 14.4 Å². The molecule has 0 N–H and O–H groups in total. The fourth-order valence-corrected chi connectivity index (χ4v) is 2.10. The summed E-state index contributed by atoms with van der Waals surface area (Å²) in [5, 5.41) is 28.4. The van der Waals surface area contributed by atoms with Crippen LogP contribution < -0.4 is 15.3 Å². The van der Waals surface area contributed by atoms with Gasteiger partial charge in [0, 0.05) is 37.2 Å². The second kappa shape index (κ2) is 27.6. The number of carbonyl (C=O) groups is 6. The zero-order chi connectivity index (χ0) is 29.2. The van der Waals surface area contributed by atoms with Crippen LogP contribution >= 0.6 is 0 Å². The standard InChI is InChI=1S/C11H23O3.3C4H6O3.Ti/c1-4-7-12-10-11(13-8-5-2)14-9-6-3;3*1-3(5)2-4(6)7;/h4-10H2,1-3H3;3*2H2,1H3,(H,6,7);/q;;;;+3/p-3. The summed E-state index contributed by atoms with van der Waals surface area (Å²) in [7, 11) is 0. The van der Waals surface area contributed by atoms with Crippen molar-refractivity contribution in [3.05, 3.63) is 0 Å². The number of carbonyl (C=O) groups excluding carboxylic acids is 6. The van der Waals surface area contributed by atoms with E-state index in [0.29, 0.717) is 6.61 Å². The van der Waals surface area contributed by atoms with Gasteiger partial charge in [0.25, 0.3) is 0 Å². The van der Waals surface area contributed by atoms with Crippen molar-refractivity contribution in [2.24, 2.45) is 0 Å². The number of carboxylic acids is 3. The van der Waals surface area contributed by atoms with E-state index in [2.05, 4.69) is 20.8 Å². The predicted octanol–water partition coefficient (Wildman–Crippen LogP) is -1.39. The van der Waals surface area contributed by atoms with Crippen LogP contribution in [-0.4, -0.2) is 65.8 Å². The van der Waals surface area contributed by atoms with Gasteiger partial charge in [0.05, 0.1) is 0 Å². The average Bonchev–Trinajstić information content (AvgIpc) is 2.69. The molecule has 0 unspecified atom stereocenters. The van der Waals surface area contributed by atoms with Gasteiger partial charge in [0.2, 0.25) is 0 Å². The number of hydrogen-bond donors (Lipinski definition) is 0. The van der Waals surface area contributed by atoms with E-state index in [1.54, 1.807) is 0 Å². The number of ketones is 3. The molecule has 0 heterocycles. The number of rotatable bonds is 16. The van der Waals surface area contributed by atoms with Crippen LogP contribution in [0.1, 0.15) is 80.1 Å². The first-order valence-electron chi connectivity index (χ1n) is 11.2. The Hall–Kier alpha value is -1.99. The summed E-state index contributed by atoms with van der Waals surface area (Å²) >= 11 is 1.95. The van der Waals surface area contributed by atoms with E-state index in [9.17, 15) is 44.1 Å². The molecular formula is C23H38O12Ti. The molecule has 0 radical (unpaired) electrons. The number of Topliss-reactive ketones (excluding diaryl/α,β-unsaturated/α-hetero) is 3. The molecule has 36 heavy (non-hydrogen) atoms. The zero-order valence-electron chi connectivity index (χ0n) is 22.0. The first-order valence-corrected chi connectivity index (χ1v) is 12.0. The van der Waals surface area contributed by atoms with Crippen LogP contribution in [0, 0.1) is 0 Å². The third-order valence-corrected chi connectivity index (χ3v) is 3.58. The van der Waals surface area contributed by atoms with E-state index in [-0.39, 0.29) is 17.3 Å². The molecule has 0 aromatic rings. The second-order valence-electron chi connectivity index (χ2n) is 7.25. The Morgan fingerprint density at radius 1 is 0.611 bits per heavy atom. The van der Waals surface area contributed by atoms with Crippen molar-refractivity contribution in [1.29, 1.82) is 0 Å². The molecule has 12 nitrogen and oxygen atoms in total. The van der Waals surface area contributed by atoms with Gasteiger partial charge in [-0.05, 0) is 20.8 Å². The van der Waals surface area contributed by atoms with Gasteiger partial charge in [0.1, 0.15) is 17.3 Å². The molecule has 0 aliphatic carbocycles. The summed E-state index contributed by atoms with van der Waals surface area (Å²) in [6.45, 7) is 12.6. The number of hydrogen-bond acceptors (Lipinski definition) is 12. The van der Waals surface area contributed by atoms with Gasteiger partial charge in [-0.25, -0.2) is 0 Å². The van der Waals surface area contributed by atoms with Crippen LogP contribution in [0.2, 0.25) is 0 Å². The molecule has 0 aliphatic rings. The van der Waals surface area contributed by atoms with Crippen LogP contribution in [-0.2, 0) is 63.4 Å². The zero-order valence-corrected chi connectivity index (χ0v) is 23.5. The van der Waals surface area contributed by atoms with Crippen molar-refractivity contribution in [3.63, 3.8) is 0 Å². The topological polar surface area (TPSA) is 199 Å². The fourth-order valence-electron chi connectivity index (χ4n) is 1.62. The Morgan fingerprint density at radius 2 is 0.889 bits per heavy atom. The minimum absolute atomic E-state index is 0.375. The predicted molar refractivity (Wildman–Crippen MR) is 117 cm³/mol. The summed E-state index contributed by atoms with van der Waals surface area (Å²) in [5.74, 6) is -5.06. The molecule has 13 heteroatoms. The molecular weight excluding hydrogens is 516 g/mol. The third-order valence-electron chi connectivity index (χ3n) is 2.90. The van der Waals surface area contributed by atoms with E-state index in [1.807, 2.05) is 20.4 Å². The van der Waals surface area contributed by atoms with Gasteiger partial charge < -0.3 is 29.7 Å². The van der Waals surface area contributed by atoms with Gasteiger partial charge in [0.15, 0.2) is 0 Å². The summed E-state index contributed by atoms with van der Waals surface area (Å²) in [6, 6.07) is 0. The van der Waals surface area contributed by atoms with Crippen LogP contribution in [0.5, 0.6) is 0 Å². The van der Waals surface area contributed by atoms with Crippen molar-refractivity contribution in [2.75, 3.05) is 26.4 Å². The Kier molecular flexibility index (Phi) is 31.6. The Bertz CT molecular complexity index is 543. The molecule has 0 saturated carbocycles. The average molecular weight is 554 g/mol. The number of carboxylic acid groups (broad SMARTS) is 3. The molecule has 0 aromatic heterocycles. The molecule has 206 valence electrons. The Morgan fingerprint density at radius 3 is 1.06 bits per heavy atom. The van der Waals surface area contributed by atoms with Gasteiger partial charge in [-0.2, -0.15) is 0 Å². The molecule has 0 aliphatic heterocycles. The van der Waals surface area contributed by atoms with Crippen LogP contribution in [0.15, 0.2) is 0 Å². The van der Waals surface area contributed by atoms with Crippen LogP contribution in [0.3, 0.4) is 0 Å². The van der Waals surface area contributed by atoms with Gasteiger partial charge in [-0.15, -0.1) is 0 Å². The van der Waals surface area contributed by atoms with Crippen molar-refractivity contribution in [1.82, 2.24) is 0 Å². The molecule has 0 atom stereocenters. The summed E-state index contributed by atoms with van der Waals surface area (Å²) in [6.07, 6.45) is 1.61. The van der Waals surface area contributed by atoms with E-state index >= 15 is 0 Å². The minimum atomic E-state index is -1.31. The van der Waals surface area contributed by atoms with Crippen molar-refractivity contribution in [3.8, 4) is 0 Å². The van der Waals surface area contributed by atoms with Gasteiger partial charge in [-0.1, -0.05) is 0 Å². The Balaban J connectivity index is -0.000000206. The maximum atomic E-state index is 9.83. The van der Waals surface area contributed by atoms with E-state index < -0.39 is 41.3 Å². The van der Waals surface area contributed by atoms with Crippen molar-refractivity contribution >= 4 is 35.3 Å². The molecule has 0 saturated heterocycles. The van der Waals surface area contributed by atoms with Crippen molar-refractivity contribution in [2.45, 2.75) is 84.2 Å². The number of aliphatic carboxylic acids is 3. The molecule has 0 aromatic carbocycles. The second-order valence-corrected chi connectivity index (χ2v) is 8.44. The maximum absolute atomic E-state index is 9.83. The van der Waals surface area contributed by atoms with E-state index in [1.165, 1.54) is 20.8 Å². The fraction of sp³-hybridized carbons (Fsp3) is 0.739. The summed E-state index contributed by atoms with van der Waals surface area (Å²) < 4.78 is 16.3. The first kappa shape index (κ1) is 41.2. The van der Waals surface area contributed by atoms with Crippen LogP contribution in [0.4, 0.5) is 0 Å². The third kappa shape index (κ3) is 45.5. The first-order chi connectivity index (χ1) is 16.6. The van der Waals surface area contributed by atoms with Crippen LogP contribution in [0.25, 0.3) is 0 Å². The number of ether oxygens (including phenoxy) is 3. The summed E-state index contributed by atoms with van der Waals surface area (Å²) in [5.41, 5.74) is 0. The van der Waals surface area contributed by atoms with E-state index in [4.69, 9.17) is 14.2 Å². The molecule has 0 amide bonds. The molecule has 0 rings (SSSR count). The van der Waals surface area contributed by atoms with E-state index in [0.717, 1.165) is 39.1 Å². The Labute approximate surface area is 224 Å². The van der Waals surface area contributed by atoms with Crippen molar-refractivity contribution < 1.29 is 78.7 Å². The normalized spacial score (nSPS) is 9.78.